The molecule has 0 aliphatic carbocycles. The van der Waals surface area contributed by atoms with E-state index in [9.17, 15) is 0 Å². The van der Waals surface area contributed by atoms with E-state index in [4.69, 9.17) is 0 Å². The number of benzene rings is 7. The van der Waals surface area contributed by atoms with Crippen LogP contribution >= 0.6 is 34.0 Å². The molecular weight excluding hydrogens is 577 g/mol. The quantitative estimate of drug-likeness (QED) is 0.174. The van der Waals surface area contributed by atoms with Gasteiger partial charge in [-0.05, 0) is 90.1 Å². The van der Waals surface area contributed by atoms with Gasteiger partial charge in [0.1, 0.15) is 0 Å². The van der Waals surface area contributed by atoms with E-state index in [1.54, 1.807) is 0 Å². The fraction of sp³-hybridized carbons (Fsp3) is 0. The van der Waals surface area contributed by atoms with Crippen molar-refractivity contribution >= 4 is 107 Å². The Morgan fingerprint density at radius 3 is 2.07 bits per heavy atom. The molecule has 3 heterocycles. The van der Waals surface area contributed by atoms with Crippen LogP contribution in [0.5, 0.6) is 0 Å². The number of hydrogen-bond acceptors (Lipinski definition) is 3. The van der Waals surface area contributed by atoms with Gasteiger partial charge in [0.05, 0.1) is 0 Å². The average molecular weight is 599 g/mol. The molecule has 0 amide bonds. The van der Waals surface area contributed by atoms with E-state index in [1.165, 1.54) is 94.9 Å². The fourth-order valence-corrected chi connectivity index (χ4v) is 10.2. The number of fused-ring (bicyclic) bond motifs is 10. The van der Waals surface area contributed by atoms with Gasteiger partial charge in [0, 0.05) is 45.9 Å². The lowest BCUT2D eigenvalue weighted by Crippen LogP contribution is -1.93. The Hall–Kier alpha value is -4.54. The van der Waals surface area contributed by atoms with Crippen LogP contribution < -0.4 is 0 Å². The normalized spacial score (nSPS) is 12.2. The van der Waals surface area contributed by atoms with Gasteiger partial charge in [0.25, 0.3) is 0 Å². The molecule has 10 rings (SSSR count). The van der Waals surface area contributed by atoms with Gasteiger partial charge in [-0.1, -0.05) is 91.0 Å². The first-order chi connectivity index (χ1) is 21.3. The molecule has 0 spiro atoms. The smallest absolute Gasteiger partial charge is 0.0440 e. The molecule has 0 nitrogen and oxygen atoms in total. The molecule has 43 heavy (non-hydrogen) atoms. The van der Waals surface area contributed by atoms with E-state index in [0.717, 1.165) is 0 Å². The fourth-order valence-electron chi connectivity index (χ4n) is 7.13. The highest BCUT2D eigenvalue weighted by atomic mass is 32.1. The third kappa shape index (κ3) is 3.36. The van der Waals surface area contributed by atoms with Crippen molar-refractivity contribution in [2.45, 2.75) is 0 Å². The highest BCUT2D eigenvalue weighted by molar-refractivity contribution is 7.26. The molecule has 0 aliphatic heterocycles. The first-order valence-electron chi connectivity index (χ1n) is 14.5. The second kappa shape index (κ2) is 8.98. The maximum Gasteiger partial charge on any atom is 0.0440 e. The third-order valence-electron chi connectivity index (χ3n) is 9.01. The van der Waals surface area contributed by atoms with E-state index in [2.05, 4.69) is 132 Å². The maximum atomic E-state index is 2.47. The van der Waals surface area contributed by atoms with Crippen molar-refractivity contribution in [2.75, 3.05) is 0 Å². The molecule has 10 aromatic rings. The van der Waals surface area contributed by atoms with Crippen LogP contribution in [0.4, 0.5) is 0 Å². The van der Waals surface area contributed by atoms with Crippen LogP contribution in [0.25, 0.3) is 94.9 Å². The summed E-state index contributed by atoms with van der Waals surface area (Å²) < 4.78 is 5.38. The molecule has 0 fully saturated rings. The van der Waals surface area contributed by atoms with Gasteiger partial charge in [-0.25, -0.2) is 0 Å². The summed E-state index contributed by atoms with van der Waals surface area (Å²) in [5.74, 6) is 0. The Morgan fingerprint density at radius 2 is 1.14 bits per heavy atom. The molecule has 0 saturated carbocycles. The number of rotatable bonds is 2. The van der Waals surface area contributed by atoms with Crippen LogP contribution in [-0.4, -0.2) is 0 Å². The molecular formula is C40H22S3. The summed E-state index contributed by atoms with van der Waals surface area (Å²) in [6.07, 6.45) is 0. The van der Waals surface area contributed by atoms with Gasteiger partial charge >= 0.3 is 0 Å². The molecule has 7 aromatic carbocycles. The van der Waals surface area contributed by atoms with Crippen LogP contribution in [0.1, 0.15) is 0 Å². The van der Waals surface area contributed by atoms with Crippen LogP contribution in [0.15, 0.2) is 132 Å². The highest BCUT2D eigenvalue weighted by Gasteiger charge is 2.23. The lowest BCUT2D eigenvalue weighted by molar-refractivity contribution is 1.71. The van der Waals surface area contributed by atoms with Crippen molar-refractivity contribution < 1.29 is 0 Å². The molecule has 0 atom stereocenters. The molecule has 0 radical (unpaired) electrons. The van der Waals surface area contributed by atoms with Crippen LogP contribution in [0, 0.1) is 0 Å². The second-order valence-corrected chi connectivity index (χ2v) is 14.2. The zero-order valence-electron chi connectivity index (χ0n) is 22.9. The highest BCUT2D eigenvalue weighted by Crippen LogP contribution is 2.52. The SMILES string of the molecule is c1ccc2c(-c3c(-c4csc5ccccc45)c4ccc5c6ccccc6sc5c4c4cc5ccsc5cc34)cccc2c1. The first-order valence-corrected chi connectivity index (χ1v) is 17.1. The van der Waals surface area contributed by atoms with Crippen LogP contribution in [0.3, 0.4) is 0 Å². The summed E-state index contributed by atoms with van der Waals surface area (Å²) in [5.41, 5.74) is 5.29. The standard InChI is InChI=1S/C40H22S3/c1-2-10-25-23(8-1)9-7-13-28(25)37-32-21-36-24(18-19-41-36)20-31(32)39-30(38(37)33-22-42-34-14-5-3-12-27(33)34)17-16-29-26-11-4-6-15-35(26)43-40(29)39/h1-22H. The minimum atomic E-state index is 1.27. The summed E-state index contributed by atoms with van der Waals surface area (Å²) in [6.45, 7) is 0. The van der Waals surface area contributed by atoms with Gasteiger partial charge in [0.2, 0.25) is 0 Å². The number of hydrogen-bond donors (Lipinski definition) is 0. The number of thiophene rings is 3. The summed E-state index contributed by atoms with van der Waals surface area (Å²) in [5, 5.41) is 17.9. The zero-order valence-corrected chi connectivity index (χ0v) is 25.4. The molecule has 0 aliphatic rings. The summed E-state index contributed by atoms with van der Waals surface area (Å²) in [4.78, 5) is 0. The van der Waals surface area contributed by atoms with E-state index in [-0.39, 0.29) is 0 Å². The Balaban J connectivity index is 1.52. The van der Waals surface area contributed by atoms with Crippen molar-refractivity contribution in [3.05, 3.63) is 132 Å². The average Bonchev–Trinajstić information content (AvgIpc) is 3.79. The van der Waals surface area contributed by atoms with Crippen LogP contribution in [0.2, 0.25) is 0 Å². The van der Waals surface area contributed by atoms with Crippen molar-refractivity contribution in [1.29, 1.82) is 0 Å². The van der Waals surface area contributed by atoms with Gasteiger partial charge in [-0.3, -0.25) is 0 Å². The van der Waals surface area contributed by atoms with Gasteiger partial charge in [-0.15, -0.1) is 34.0 Å². The van der Waals surface area contributed by atoms with Gasteiger partial charge < -0.3 is 0 Å². The molecule has 0 unspecified atom stereocenters. The van der Waals surface area contributed by atoms with E-state index < -0.39 is 0 Å². The summed E-state index contributed by atoms with van der Waals surface area (Å²) >= 11 is 5.61. The molecule has 3 heteroatoms. The lowest BCUT2D eigenvalue weighted by atomic mass is 9.83. The minimum absolute atomic E-state index is 1.27. The predicted octanol–water partition coefficient (Wildman–Crippen LogP) is 13.3. The molecule has 0 saturated heterocycles. The Morgan fingerprint density at radius 1 is 0.395 bits per heavy atom. The van der Waals surface area contributed by atoms with Crippen molar-refractivity contribution in [2.24, 2.45) is 0 Å². The molecule has 3 aromatic heterocycles. The van der Waals surface area contributed by atoms with E-state index >= 15 is 0 Å². The summed E-state index contributed by atoms with van der Waals surface area (Å²) in [7, 11) is 0. The molecule has 0 N–H and O–H groups in total. The van der Waals surface area contributed by atoms with E-state index in [0.29, 0.717) is 0 Å². The van der Waals surface area contributed by atoms with E-state index in [1.807, 2.05) is 34.0 Å². The van der Waals surface area contributed by atoms with Crippen molar-refractivity contribution in [1.82, 2.24) is 0 Å². The largest absolute Gasteiger partial charge is 0.144 e. The van der Waals surface area contributed by atoms with Gasteiger partial charge in [0.15, 0.2) is 0 Å². The third-order valence-corrected chi connectivity index (χ3v) is 12.1. The minimum Gasteiger partial charge on any atom is -0.144 e. The Kier molecular flexibility index (Phi) is 5.00. The van der Waals surface area contributed by atoms with Crippen molar-refractivity contribution in [3.8, 4) is 22.3 Å². The second-order valence-electron chi connectivity index (χ2n) is 11.2. The van der Waals surface area contributed by atoms with Gasteiger partial charge in [-0.2, -0.15) is 0 Å². The Bertz CT molecular complexity index is 2730. The molecule has 200 valence electrons. The summed E-state index contributed by atoms with van der Waals surface area (Å²) in [6, 6.07) is 45.4. The topological polar surface area (TPSA) is 0 Å². The predicted molar refractivity (Wildman–Crippen MR) is 193 cm³/mol. The monoisotopic (exact) mass is 598 g/mol. The lowest BCUT2D eigenvalue weighted by Gasteiger charge is -2.20. The Labute approximate surface area is 259 Å². The zero-order chi connectivity index (χ0) is 28.1. The molecule has 0 bridgehead atoms. The first kappa shape index (κ1) is 24.0. The van der Waals surface area contributed by atoms with Crippen molar-refractivity contribution in [3.63, 3.8) is 0 Å². The maximum absolute atomic E-state index is 2.47. The van der Waals surface area contributed by atoms with Crippen LogP contribution in [-0.2, 0) is 0 Å².